The van der Waals surface area contributed by atoms with Crippen LogP contribution < -0.4 is 0 Å². The normalized spacial score (nSPS) is 11.7. The van der Waals surface area contributed by atoms with E-state index >= 15 is 0 Å². The molecule has 0 saturated carbocycles. The van der Waals surface area contributed by atoms with E-state index < -0.39 is 15.5 Å². The summed E-state index contributed by atoms with van der Waals surface area (Å²) < 4.78 is 4.07. The lowest BCUT2D eigenvalue weighted by molar-refractivity contribution is -0.409. The number of esters is 1. The van der Waals surface area contributed by atoms with Crippen molar-refractivity contribution in [2.24, 2.45) is 0 Å². The summed E-state index contributed by atoms with van der Waals surface area (Å²) in [5.74, 6) is -0.779. The number of hydrogen-bond donors (Lipinski definition) is 0. The predicted molar refractivity (Wildman–Crippen MR) is 72.3 cm³/mol. The molecule has 0 atom stereocenters. The monoisotopic (exact) mass is 351 g/mol. The molecule has 0 saturated heterocycles. The van der Waals surface area contributed by atoms with Gasteiger partial charge in [0.05, 0.1) is 12.0 Å². The van der Waals surface area contributed by atoms with Crippen molar-refractivity contribution in [2.75, 3.05) is 7.11 Å². The van der Waals surface area contributed by atoms with Crippen LogP contribution in [0.15, 0.2) is 38.7 Å². The molecule has 0 aromatic heterocycles. The molecule has 0 fully saturated rings. The minimum Gasteiger partial charge on any atom is -0.465 e. The number of halogens is 2. The number of carbonyl (C=O) groups excluding carboxylic acids is 1. The maximum Gasteiger partial charge on any atom is 0.352 e. The van der Waals surface area contributed by atoms with Gasteiger partial charge in [0.2, 0.25) is 0 Å². The maximum atomic E-state index is 11.5. The van der Waals surface area contributed by atoms with E-state index in [0.29, 0.717) is 9.92 Å². The Balaban J connectivity index is 3.07. The van der Waals surface area contributed by atoms with E-state index in [1.54, 1.807) is 24.3 Å². The van der Waals surface area contributed by atoms with E-state index in [-0.39, 0.29) is 4.91 Å². The molecule has 0 N–H and O–H groups in total. The lowest BCUT2D eigenvalue weighted by Crippen LogP contribution is -2.07. The third kappa shape index (κ3) is 4.01. The maximum absolute atomic E-state index is 11.5. The highest BCUT2D eigenvalue weighted by atomic mass is 79.9. The highest BCUT2D eigenvalue weighted by Gasteiger charge is 2.24. The number of hydrogen-bond acceptors (Lipinski definition) is 5. The smallest absolute Gasteiger partial charge is 0.352 e. The zero-order valence-corrected chi connectivity index (χ0v) is 12.2. The van der Waals surface area contributed by atoms with Crippen molar-refractivity contribution in [1.29, 1.82) is 0 Å². The highest BCUT2D eigenvalue weighted by molar-refractivity contribution is 9.11. The molecule has 0 aliphatic rings. The fraction of sp³-hybridized carbons (Fsp3) is 0.100. The third-order valence-corrected chi connectivity index (χ3v) is 4.02. The Morgan fingerprint density at radius 3 is 2.44 bits per heavy atom. The second kappa shape index (κ2) is 6.77. The van der Waals surface area contributed by atoms with Crippen LogP contribution in [-0.4, -0.2) is 18.0 Å². The van der Waals surface area contributed by atoms with E-state index in [2.05, 4.69) is 20.7 Å². The summed E-state index contributed by atoms with van der Waals surface area (Å²) >= 11 is 9.40. The Morgan fingerprint density at radius 1 is 1.44 bits per heavy atom. The standard InChI is InChI=1S/C10H7BrClNO4S/c1-17-10(14)8(9(11)13(15)16)18-7-4-2-6(12)3-5-7/h2-5H,1H3. The molecule has 0 heterocycles. The third-order valence-electron chi connectivity index (χ3n) is 1.75. The highest BCUT2D eigenvalue weighted by Crippen LogP contribution is 2.32. The summed E-state index contributed by atoms with van der Waals surface area (Å²) in [6.07, 6.45) is 0. The molecule has 0 amide bonds. The number of carbonyl (C=O) groups is 1. The summed E-state index contributed by atoms with van der Waals surface area (Å²) in [5, 5.41) is 11.2. The number of methoxy groups -OCH3 is 1. The van der Waals surface area contributed by atoms with Crippen LogP contribution in [-0.2, 0) is 9.53 Å². The summed E-state index contributed by atoms with van der Waals surface area (Å²) in [6, 6.07) is 6.55. The Hall–Kier alpha value is -1.05. The van der Waals surface area contributed by atoms with Crippen molar-refractivity contribution >= 4 is 45.3 Å². The van der Waals surface area contributed by atoms with Crippen LogP contribution >= 0.6 is 39.3 Å². The van der Waals surface area contributed by atoms with Gasteiger partial charge in [-0.2, -0.15) is 0 Å². The average molecular weight is 353 g/mol. The molecule has 96 valence electrons. The number of rotatable bonds is 4. The number of thioether (sulfide) groups is 1. The summed E-state index contributed by atoms with van der Waals surface area (Å²) in [6.45, 7) is 0. The average Bonchev–Trinajstić information content (AvgIpc) is 2.36. The first-order chi connectivity index (χ1) is 8.45. The fourth-order valence-corrected chi connectivity index (χ4v) is 2.33. The Morgan fingerprint density at radius 2 is 2.00 bits per heavy atom. The Bertz CT molecular complexity index is 503. The zero-order valence-electron chi connectivity index (χ0n) is 9.05. The number of benzene rings is 1. The van der Waals surface area contributed by atoms with Crippen molar-refractivity contribution in [2.45, 2.75) is 4.90 Å². The summed E-state index contributed by atoms with van der Waals surface area (Å²) in [5.41, 5.74) is 0. The molecule has 0 bridgehead atoms. The molecule has 0 unspecified atom stereocenters. The molecule has 1 aromatic rings. The van der Waals surface area contributed by atoms with Crippen LogP contribution in [0.3, 0.4) is 0 Å². The van der Waals surface area contributed by atoms with Gasteiger partial charge in [0.15, 0.2) is 4.91 Å². The first kappa shape index (κ1) is 15.0. The van der Waals surface area contributed by atoms with Gasteiger partial charge in [-0.15, -0.1) is 0 Å². The second-order valence-corrected chi connectivity index (χ2v) is 5.20. The van der Waals surface area contributed by atoms with Gasteiger partial charge >= 0.3 is 10.6 Å². The van der Waals surface area contributed by atoms with E-state index in [1.165, 1.54) is 0 Å². The molecule has 0 aliphatic heterocycles. The predicted octanol–water partition coefficient (Wildman–Crippen LogP) is 3.45. The minimum atomic E-state index is -0.779. The van der Waals surface area contributed by atoms with E-state index in [9.17, 15) is 14.9 Å². The van der Waals surface area contributed by atoms with Gasteiger partial charge in [-0.05, 0) is 24.3 Å². The van der Waals surface area contributed by atoms with Gasteiger partial charge in [0, 0.05) is 25.8 Å². The largest absolute Gasteiger partial charge is 0.465 e. The van der Waals surface area contributed by atoms with Crippen molar-refractivity contribution < 1.29 is 14.5 Å². The first-order valence-electron chi connectivity index (χ1n) is 4.51. The van der Waals surface area contributed by atoms with Gasteiger partial charge in [-0.25, -0.2) is 4.79 Å². The molecule has 0 aliphatic carbocycles. The number of nitrogens with zero attached hydrogens (tertiary/aromatic N) is 1. The van der Waals surface area contributed by atoms with E-state index in [1.807, 2.05) is 0 Å². The van der Waals surface area contributed by atoms with Crippen molar-refractivity contribution in [1.82, 2.24) is 0 Å². The van der Waals surface area contributed by atoms with Crippen LogP contribution in [0.4, 0.5) is 0 Å². The molecular formula is C10H7BrClNO4S. The van der Waals surface area contributed by atoms with Crippen LogP contribution in [0, 0.1) is 10.1 Å². The summed E-state index contributed by atoms with van der Waals surface area (Å²) in [7, 11) is 1.16. The summed E-state index contributed by atoms with van der Waals surface area (Å²) in [4.78, 5) is 21.9. The van der Waals surface area contributed by atoms with Crippen LogP contribution in [0.1, 0.15) is 0 Å². The molecular weight excluding hydrogens is 346 g/mol. The Labute approximate surface area is 120 Å². The molecule has 0 spiro atoms. The van der Waals surface area contributed by atoms with Crippen LogP contribution in [0.5, 0.6) is 0 Å². The topological polar surface area (TPSA) is 69.4 Å². The van der Waals surface area contributed by atoms with Crippen LogP contribution in [0.2, 0.25) is 5.02 Å². The number of ether oxygens (including phenoxy) is 1. The second-order valence-electron chi connectivity index (χ2n) is 2.92. The van der Waals surface area contributed by atoms with Crippen molar-refractivity contribution in [3.63, 3.8) is 0 Å². The number of nitro groups is 1. The first-order valence-corrected chi connectivity index (χ1v) is 6.50. The van der Waals surface area contributed by atoms with Crippen LogP contribution in [0.25, 0.3) is 0 Å². The molecule has 1 aromatic carbocycles. The fourth-order valence-electron chi connectivity index (χ4n) is 0.964. The van der Waals surface area contributed by atoms with Crippen molar-refractivity contribution in [3.8, 4) is 0 Å². The van der Waals surface area contributed by atoms with Gasteiger partial charge in [0.25, 0.3) is 0 Å². The van der Waals surface area contributed by atoms with Crippen molar-refractivity contribution in [3.05, 3.63) is 48.9 Å². The quantitative estimate of drug-likeness (QED) is 0.207. The van der Waals surface area contributed by atoms with E-state index in [4.69, 9.17) is 11.6 Å². The minimum absolute atomic E-state index is 0.134. The molecule has 8 heteroatoms. The lowest BCUT2D eigenvalue weighted by Gasteiger charge is -2.04. The molecule has 18 heavy (non-hydrogen) atoms. The zero-order chi connectivity index (χ0) is 13.7. The molecule has 5 nitrogen and oxygen atoms in total. The van der Waals surface area contributed by atoms with Gasteiger partial charge in [0.1, 0.15) is 0 Å². The van der Waals surface area contributed by atoms with Gasteiger partial charge in [-0.3, -0.25) is 10.1 Å². The Kier molecular flexibility index (Phi) is 5.64. The van der Waals surface area contributed by atoms with Gasteiger partial charge in [-0.1, -0.05) is 23.4 Å². The molecule has 1 rings (SSSR count). The van der Waals surface area contributed by atoms with Gasteiger partial charge < -0.3 is 4.74 Å². The van der Waals surface area contributed by atoms with E-state index in [0.717, 1.165) is 18.9 Å². The SMILES string of the molecule is COC(=O)C(Sc1ccc(Cl)cc1)=C(Br)[N+](=O)[O-]. The lowest BCUT2D eigenvalue weighted by atomic mass is 10.4. The molecule has 0 radical (unpaired) electrons.